The highest BCUT2D eigenvalue weighted by Gasteiger charge is 2.23. The quantitative estimate of drug-likeness (QED) is 0.860. The standard InChI is InChI=1S/C14H23N3/c1-12-5-6-13(10-15)11-17(12)9-7-14-4-2-3-8-16-14/h2-4,8,12-13H,5-7,9-11,15H2,1H3. The first-order valence-electron chi connectivity index (χ1n) is 6.63. The Morgan fingerprint density at radius 3 is 3.00 bits per heavy atom. The fourth-order valence-electron chi connectivity index (χ4n) is 2.57. The summed E-state index contributed by atoms with van der Waals surface area (Å²) >= 11 is 0. The van der Waals surface area contributed by atoms with Crippen molar-refractivity contribution in [3.8, 4) is 0 Å². The molecule has 1 fully saturated rings. The van der Waals surface area contributed by atoms with E-state index in [1.807, 2.05) is 12.3 Å². The molecule has 0 aromatic carbocycles. The van der Waals surface area contributed by atoms with Crippen LogP contribution in [0.3, 0.4) is 0 Å². The van der Waals surface area contributed by atoms with Gasteiger partial charge in [0.15, 0.2) is 0 Å². The molecule has 2 atom stereocenters. The van der Waals surface area contributed by atoms with Gasteiger partial charge in [-0.25, -0.2) is 0 Å². The Bertz CT molecular complexity index is 325. The predicted octanol–water partition coefficient (Wildman–Crippen LogP) is 1.68. The summed E-state index contributed by atoms with van der Waals surface area (Å²) in [6, 6.07) is 6.83. The first kappa shape index (κ1) is 12.5. The zero-order valence-corrected chi connectivity index (χ0v) is 10.7. The molecule has 0 amide bonds. The summed E-state index contributed by atoms with van der Waals surface area (Å²) in [5.74, 6) is 0.690. The van der Waals surface area contributed by atoms with Gasteiger partial charge < -0.3 is 5.73 Å². The molecule has 0 aliphatic carbocycles. The van der Waals surface area contributed by atoms with Crippen molar-refractivity contribution < 1.29 is 0 Å². The average Bonchev–Trinajstić information content (AvgIpc) is 2.39. The molecule has 1 aliphatic heterocycles. The summed E-state index contributed by atoms with van der Waals surface area (Å²) < 4.78 is 0. The molecule has 2 unspecified atom stereocenters. The van der Waals surface area contributed by atoms with Gasteiger partial charge in [0.25, 0.3) is 0 Å². The lowest BCUT2D eigenvalue weighted by molar-refractivity contribution is 0.122. The van der Waals surface area contributed by atoms with E-state index in [-0.39, 0.29) is 0 Å². The fourth-order valence-corrected chi connectivity index (χ4v) is 2.57. The number of pyridine rings is 1. The average molecular weight is 233 g/mol. The lowest BCUT2D eigenvalue weighted by Crippen LogP contribution is -2.44. The first-order chi connectivity index (χ1) is 8.29. The van der Waals surface area contributed by atoms with Crippen molar-refractivity contribution in [3.05, 3.63) is 30.1 Å². The highest BCUT2D eigenvalue weighted by atomic mass is 15.2. The number of piperidine rings is 1. The number of hydrogen-bond acceptors (Lipinski definition) is 3. The number of nitrogens with two attached hydrogens (primary N) is 1. The molecule has 0 radical (unpaired) electrons. The third kappa shape index (κ3) is 3.51. The summed E-state index contributed by atoms with van der Waals surface area (Å²) in [6.45, 7) is 5.41. The predicted molar refractivity (Wildman–Crippen MR) is 70.8 cm³/mol. The maximum atomic E-state index is 5.78. The maximum absolute atomic E-state index is 5.78. The fraction of sp³-hybridized carbons (Fsp3) is 0.643. The Kier molecular flexibility index (Phi) is 4.51. The minimum Gasteiger partial charge on any atom is -0.330 e. The SMILES string of the molecule is CC1CCC(CN)CN1CCc1ccccn1. The van der Waals surface area contributed by atoms with Crippen LogP contribution in [0.4, 0.5) is 0 Å². The van der Waals surface area contributed by atoms with E-state index in [2.05, 4.69) is 28.9 Å². The van der Waals surface area contributed by atoms with Crippen LogP contribution in [0.1, 0.15) is 25.5 Å². The summed E-state index contributed by atoms with van der Waals surface area (Å²) in [5.41, 5.74) is 6.97. The van der Waals surface area contributed by atoms with Crippen LogP contribution in [0.5, 0.6) is 0 Å². The molecule has 0 saturated carbocycles. The molecule has 3 nitrogen and oxygen atoms in total. The molecule has 1 aromatic rings. The molecule has 2 rings (SSSR count). The highest BCUT2D eigenvalue weighted by Crippen LogP contribution is 2.21. The van der Waals surface area contributed by atoms with E-state index in [1.54, 1.807) is 0 Å². The van der Waals surface area contributed by atoms with Gasteiger partial charge in [0.05, 0.1) is 0 Å². The van der Waals surface area contributed by atoms with Gasteiger partial charge in [-0.2, -0.15) is 0 Å². The van der Waals surface area contributed by atoms with Crippen molar-refractivity contribution in [1.82, 2.24) is 9.88 Å². The Balaban J connectivity index is 1.85. The second kappa shape index (κ2) is 6.12. The Hall–Kier alpha value is -0.930. The Morgan fingerprint density at radius 2 is 2.29 bits per heavy atom. The van der Waals surface area contributed by atoms with Gasteiger partial charge in [0, 0.05) is 37.4 Å². The summed E-state index contributed by atoms with van der Waals surface area (Å²) in [6.07, 6.45) is 5.49. The van der Waals surface area contributed by atoms with Crippen molar-refractivity contribution in [1.29, 1.82) is 0 Å². The number of nitrogens with zero attached hydrogens (tertiary/aromatic N) is 2. The van der Waals surface area contributed by atoms with Crippen LogP contribution in [0.25, 0.3) is 0 Å². The molecule has 2 N–H and O–H groups in total. The minimum absolute atomic E-state index is 0.690. The van der Waals surface area contributed by atoms with Gasteiger partial charge in [-0.1, -0.05) is 6.07 Å². The van der Waals surface area contributed by atoms with E-state index in [0.29, 0.717) is 12.0 Å². The van der Waals surface area contributed by atoms with Crippen LogP contribution in [0.15, 0.2) is 24.4 Å². The van der Waals surface area contributed by atoms with E-state index in [0.717, 1.165) is 26.1 Å². The molecular weight excluding hydrogens is 210 g/mol. The smallest absolute Gasteiger partial charge is 0.0416 e. The third-order valence-electron chi connectivity index (χ3n) is 3.82. The Morgan fingerprint density at radius 1 is 1.41 bits per heavy atom. The maximum Gasteiger partial charge on any atom is 0.0416 e. The molecule has 17 heavy (non-hydrogen) atoms. The van der Waals surface area contributed by atoms with E-state index in [1.165, 1.54) is 18.5 Å². The van der Waals surface area contributed by atoms with Gasteiger partial charge in [-0.15, -0.1) is 0 Å². The van der Waals surface area contributed by atoms with E-state index in [9.17, 15) is 0 Å². The largest absolute Gasteiger partial charge is 0.330 e. The zero-order chi connectivity index (χ0) is 12.1. The van der Waals surface area contributed by atoms with Crippen LogP contribution in [-0.2, 0) is 6.42 Å². The molecule has 3 heteroatoms. The number of hydrogen-bond donors (Lipinski definition) is 1. The normalized spacial score (nSPS) is 26.0. The Labute approximate surface area is 104 Å². The second-order valence-corrected chi connectivity index (χ2v) is 5.09. The topological polar surface area (TPSA) is 42.1 Å². The zero-order valence-electron chi connectivity index (χ0n) is 10.7. The van der Waals surface area contributed by atoms with Crippen molar-refractivity contribution in [2.75, 3.05) is 19.6 Å². The van der Waals surface area contributed by atoms with Crippen molar-refractivity contribution >= 4 is 0 Å². The summed E-state index contributed by atoms with van der Waals surface area (Å²) in [4.78, 5) is 6.94. The van der Waals surface area contributed by atoms with E-state index in [4.69, 9.17) is 5.73 Å². The minimum atomic E-state index is 0.690. The molecule has 2 heterocycles. The van der Waals surface area contributed by atoms with Gasteiger partial charge in [-0.3, -0.25) is 9.88 Å². The van der Waals surface area contributed by atoms with Crippen LogP contribution >= 0.6 is 0 Å². The lowest BCUT2D eigenvalue weighted by Gasteiger charge is -2.37. The molecular formula is C14H23N3. The van der Waals surface area contributed by atoms with Gasteiger partial charge in [0.1, 0.15) is 0 Å². The molecule has 94 valence electrons. The van der Waals surface area contributed by atoms with Crippen molar-refractivity contribution in [2.45, 2.75) is 32.2 Å². The highest BCUT2D eigenvalue weighted by molar-refractivity contribution is 5.04. The summed E-state index contributed by atoms with van der Waals surface area (Å²) in [5, 5.41) is 0. The van der Waals surface area contributed by atoms with Crippen LogP contribution < -0.4 is 5.73 Å². The van der Waals surface area contributed by atoms with Crippen LogP contribution in [-0.4, -0.2) is 35.6 Å². The number of rotatable bonds is 4. The second-order valence-electron chi connectivity index (χ2n) is 5.09. The van der Waals surface area contributed by atoms with E-state index < -0.39 is 0 Å². The van der Waals surface area contributed by atoms with Gasteiger partial charge in [-0.05, 0) is 44.4 Å². The summed E-state index contributed by atoms with van der Waals surface area (Å²) in [7, 11) is 0. The van der Waals surface area contributed by atoms with Crippen molar-refractivity contribution in [3.63, 3.8) is 0 Å². The lowest BCUT2D eigenvalue weighted by atomic mass is 9.93. The van der Waals surface area contributed by atoms with E-state index >= 15 is 0 Å². The molecule has 1 aromatic heterocycles. The van der Waals surface area contributed by atoms with Crippen LogP contribution in [0.2, 0.25) is 0 Å². The van der Waals surface area contributed by atoms with Gasteiger partial charge >= 0.3 is 0 Å². The van der Waals surface area contributed by atoms with Gasteiger partial charge in [0.2, 0.25) is 0 Å². The van der Waals surface area contributed by atoms with Crippen LogP contribution in [0, 0.1) is 5.92 Å². The molecule has 0 spiro atoms. The number of aromatic nitrogens is 1. The number of likely N-dealkylation sites (tertiary alicyclic amines) is 1. The monoisotopic (exact) mass is 233 g/mol. The molecule has 1 aliphatic rings. The molecule has 0 bridgehead atoms. The third-order valence-corrected chi connectivity index (χ3v) is 3.82. The first-order valence-corrected chi connectivity index (χ1v) is 6.63. The van der Waals surface area contributed by atoms with Crippen molar-refractivity contribution in [2.24, 2.45) is 11.7 Å². The molecule has 1 saturated heterocycles.